The third-order valence-corrected chi connectivity index (χ3v) is 4.97. The highest BCUT2D eigenvalue weighted by Crippen LogP contribution is 2.24. The fourth-order valence-electron chi connectivity index (χ4n) is 2.64. The lowest BCUT2D eigenvalue weighted by molar-refractivity contribution is -0.118. The monoisotopic (exact) mass is 397 g/mol. The van der Waals surface area contributed by atoms with Crippen LogP contribution in [0.2, 0.25) is 0 Å². The molecule has 0 bridgehead atoms. The lowest BCUT2D eigenvalue weighted by Crippen LogP contribution is -2.27. The maximum absolute atomic E-state index is 12.1. The van der Waals surface area contributed by atoms with Gasteiger partial charge < -0.3 is 10.1 Å². The summed E-state index contributed by atoms with van der Waals surface area (Å²) in [7, 11) is 1.65. The first-order valence-electron chi connectivity index (χ1n) is 9.04. The first-order chi connectivity index (χ1) is 13.8. The molecule has 146 valence electrons. The molecule has 0 fully saturated rings. The van der Waals surface area contributed by atoms with E-state index in [4.69, 9.17) is 4.74 Å². The van der Waals surface area contributed by atoms with E-state index in [1.165, 1.54) is 11.8 Å². The van der Waals surface area contributed by atoms with Crippen LogP contribution in [-0.2, 0) is 16.1 Å². The Morgan fingerprint density at radius 1 is 1.18 bits per heavy atom. The van der Waals surface area contributed by atoms with Crippen molar-refractivity contribution in [1.29, 1.82) is 0 Å². The maximum atomic E-state index is 12.1. The molecular formula is C20H23N5O2S. The summed E-state index contributed by atoms with van der Waals surface area (Å²) < 4.78 is 7.01. The van der Waals surface area contributed by atoms with Crippen LogP contribution in [-0.4, -0.2) is 51.7 Å². The van der Waals surface area contributed by atoms with Crippen LogP contribution in [0.4, 0.5) is 0 Å². The quantitative estimate of drug-likeness (QED) is 0.418. The highest BCUT2D eigenvalue weighted by atomic mass is 32.2. The number of aromatic nitrogens is 4. The van der Waals surface area contributed by atoms with Crippen molar-refractivity contribution >= 4 is 17.7 Å². The maximum Gasteiger partial charge on any atom is 0.230 e. The minimum absolute atomic E-state index is 0.0294. The molecule has 7 nitrogen and oxygen atoms in total. The fourth-order valence-corrected chi connectivity index (χ4v) is 3.41. The van der Waals surface area contributed by atoms with E-state index in [-0.39, 0.29) is 11.7 Å². The first-order valence-corrected chi connectivity index (χ1v) is 10.0. The molecule has 0 aliphatic carbocycles. The molecule has 0 saturated carbocycles. The second-order valence-corrected chi connectivity index (χ2v) is 7.05. The Morgan fingerprint density at radius 2 is 2.04 bits per heavy atom. The van der Waals surface area contributed by atoms with Gasteiger partial charge in [-0.1, -0.05) is 42.1 Å². The van der Waals surface area contributed by atoms with Gasteiger partial charge >= 0.3 is 0 Å². The Balaban J connectivity index is 1.73. The summed E-state index contributed by atoms with van der Waals surface area (Å²) in [4.78, 5) is 16.3. The molecule has 3 rings (SSSR count). The smallest absolute Gasteiger partial charge is 0.230 e. The molecule has 0 saturated heterocycles. The molecule has 0 spiro atoms. The van der Waals surface area contributed by atoms with Crippen LogP contribution >= 0.6 is 11.8 Å². The number of carbonyl (C=O) groups is 1. The van der Waals surface area contributed by atoms with Crippen molar-refractivity contribution in [1.82, 2.24) is 25.1 Å². The van der Waals surface area contributed by atoms with E-state index in [1.807, 2.05) is 34.9 Å². The number of carbonyl (C=O) groups excluding carboxylic acids is 1. The lowest BCUT2D eigenvalue weighted by atomic mass is 10.2. The minimum Gasteiger partial charge on any atom is -0.385 e. The van der Waals surface area contributed by atoms with Crippen molar-refractivity contribution < 1.29 is 9.53 Å². The molecular weight excluding hydrogens is 374 g/mol. The molecule has 0 aliphatic rings. The molecule has 0 aliphatic heterocycles. The van der Waals surface area contributed by atoms with Crippen LogP contribution in [0.15, 0.2) is 60.0 Å². The van der Waals surface area contributed by atoms with Crippen molar-refractivity contribution in [3.05, 3.63) is 60.4 Å². The van der Waals surface area contributed by atoms with E-state index >= 15 is 0 Å². The third kappa shape index (κ3) is 5.64. The van der Waals surface area contributed by atoms with Gasteiger partial charge in [0.25, 0.3) is 0 Å². The second-order valence-electron chi connectivity index (χ2n) is 6.10. The van der Waals surface area contributed by atoms with Gasteiger partial charge in [-0.05, 0) is 24.1 Å². The minimum atomic E-state index is -0.0294. The van der Waals surface area contributed by atoms with Crippen LogP contribution in [0.3, 0.4) is 0 Å². The number of amides is 1. The predicted molar refractivity (Wildman–Crippen MR) is 109 cm³/mol. The molecule has 0 radical (unpaired) electrons. The number of thioether (sulfide) groups is 1. The normalized spacial score (nSPS) is 10.8. The summed E-state index contributed by atoms with van der Waals surface area (Å²) in [6.45, 7) is 1.86. The zero-order valence-corrected chi connectivity index (χ0v) is 16.6. The number of rotatable bonds is 10. The van der Waals surface area contributed by atoms with Gasteiger partial charge in [0.1, 0.15) is 0 Å². The molecule has 2 heterocycles. The molecule has 28 heavy (non-hydrogen) atoms. The summed E-state index contributed by atoms with van der Waals surface area (Å²) in [5.41, 5.74) is 2.03. The number of methoxy groups -OCH3 is 1. The Morgan fingerprint density at radius 3 is 2.79 bits per heavy atom. The zero-order chi connectivity index (χ0) is 19.6. The summed E-state index contributed by atoms with van der Waals surface area (Å²) in [5, 5.41) is 12.3. The van der Waals surface area contributed by atoms with Gasteiger partial charge in [0.15, 0.2) is 11.0 Å². The van der Waals surface area contributed by atoms with Crippen molar-refractivity contribution in [3.63, 3.8) is 0 Å². The van der Waals surface area contributed by atoms with Crippen LogP contribution in [0.1, 0.15) is 12.0 Å². The lowest BCUT2D eigenvalue weighted by Gasteiger charge is -2.10. The SMILES string of the molecule is COCCCNC(=O)CSc1nnc(-c2cccnc2)n1Cc1ccccc1. The van der Waals surface area contributed by atoms with E-state index in [9.17, 15) is 4.79 Å². The number of ether oxygens (including phenoxy) is 1. The summed E-state index contributed by atoms with van der Waals surface area (Å²) >= 11 is 1.38. The van der Waals surface area contributed by atoms with Gasteiger partial charge in [-0.3, -0.25) is 14.3 Å². The number of hydrogen-bond acceptors (Lipinski definition) is 6. The van der Waals surface area contributed by atoms with Gasteiger partial charge in [-0.2, -0.15) is 0 Å². The van der Waals surface area contributed by atoms with E-state index in [2.05, 4.69) is 32.6 Å². The molecule has 0 unspecified atom stereocenters. The fraction of sp³-hybridized carbons (Fsp3) is 0.300. The van der Waals surface area contributed by atoms with E-state index in [0.29, 0.717) is 24.9 Å². The number of nitrogens with one attached hydrogen (secondary N) is 1. The van der Waals surface area contributed by atoms with Gasteiger partial charge in [-0.15, -0.1) is 10.2 Å². The van der Waals surface area contributed by atoms with Crippen molar-refractivity contribution in [2.24, 2.45) is 0 Å². The van der Waals surface area contributed by atoms with E-state index in [1.54, 1.807) is 19.5 Å². The summed E-state index contributed by atoms with van der Waals surface area (Å²) in [5.74, 6) is 0.991. The van der Waals surface area contributed by atoms with Crippen molar-refractivity contribution in [2.45, 2.75) is 18.1 Å². The molecule has 1 aromatic carbocycles. The van der Waals surface area contributed by atoms with Crippen LogP contribution < -0.4 is 5.32 Å². The molecule has 8 heteroatoms. The van der Waals surface area contributed by atoms with Crippen LogP contribution in [0, 0.1) is 0 Å². The third-order valence-electron chi connectivity index (χ3n) is 4.00. The summed E-state index contributed by atoms with van der Waals surface area (Å²) in [6.07, 6.45) is 4.29. The standard InChI is InChI=1S/C20H23N5O2S/c1-27-12-6-11-22-18(26)15-28-20-24-23-19(17-9-5-10-21-13-17)25(20)14-16-7-3-2-4-8-16/h2-5,7-10,13H,6,11-12,14-15H2,1H3,(H,22,26). The number of hydrogen-bond donors (Lipinski definition) is 1. The van der Waals surface area contributed by atoms with Gasteiger partial charge in [0.2, 0.25) is 5.91 Å². The van der Waals surface area contributed by atoms with Crippen molar-refractivity contribution in [2.75, 3.05) is 26.0 Å². The highest BCUT2D eigenvalue weighted by molar-refractivity contribution is 7.99. The molecule has 2 aromatic heterocycles. The first kappa shape index (κ1) is 20.0. The van der Waals surface area contributed by atoms with Gasteiger partial charge in [-0.25, -0.2) is 0 Å². The Hall–Kier alpha value is -2.71. The summed E-state index contributed by atoms with van der Waals surface area (Å²) in [6, 6.07) is 13.9. The zero-order valence-electron chi connectivity index (χ0n) is 15.7. The molecule has 1 amide bonds. The predicted octanol–water partition coefficient (Wildman–Crippen LogP) is 2.63. The number of pyridine rings is 1. The number of nitrogens with zero attached hydrogens (tertiary/aromatic N) is 4. The average Bonchev–Trinajstić information content (AvgIpc) is 3.13. The Labute approximate surface area is 168 Å². The Kier molecular flexibility index (Phi) is 7.57. The van der Waals surface area contributed by atoms with Gasteiger partial charge in [0.05, 0.1) is 12.3 Å². The molecule has 3 aromatic rings. The topological polar surface area (TPSA) is 81.9 Å². The second kappa shape index (κ2) is 10.6. The highest BCUT2D eigenvalue weighted by Gasteiger charge is 2.16. The van der Waals surface area contributed by atoms with E-state index < -0.39 is 0 Å². The van der Waals surface area contributed by atoms with Crippen LogP contribution in [0.25, 0.3) is 11.4 Å². The largest absolute Gasteiger partial charge is 0.385 e. The van der Waals surface area contributed by atoms with E-state index in [0.717, 1.165) is 23.4 Å². The van der Waals surface area contributed by atoms with Gasteiger partial charge in [0, 0.05) is 38.2 Å². The molecule has 1 N–H and O–H groups in total. The Bertz CT molecular complexity index is 871. The average molecular weight is 398 g/mol. The number of benzene rings is 1. The van der Waals surface area contributed by atoms with Crippen molar-refractivity contribution in [3.8, 4) is 11.4 Å². The molecule has 0 atom stereocenters. The van der Waals surface area contributed by atoms with Crippen LogP contribution in [0.5, 0.6) is 0 Å².